The molecule has 1 aliphatic rings. The first-order valence-electron chi connectivity index (χ1n) is 6.10. The highest BCUT2D eigenvalue weighted by Crippen LogP contribution is 2.35. The van der Waals surface area contributed by atoms with Crippen LogP contribution >= 0.6 is 27.5 Å². The molecule has 0 aromatic heterocycles. The van der Waals surface area contributed by atoms with Gasteiger partial charge in [0, 0.05) is 10.4 Å². The van der Waals surface area contributed by atoms with Crippen LogP contribution in [0.3, 0.4) is 0 Å². The van der Waals surface area contributed by atoms with E-state index in [4.69, 9.17) is 11.6 Å². The maximum absolute atomic E-state index is 6.22. The molecule has 1 fully saturated rings. The number of halogens is 2. The fraction of sp³-hybridized carbons (Fsp3) is 0.571. The van der Waals surface area contributed by atoms with Gasteiger partial charge in [0.05, 0.1) is 0 Å². The zero-order chi connectivity index (χ0) is 11.4. The molecule has 1 atom stereocenters. The monoisotopic (exact) mass is 300 g/mol. The maximum atomic E-state index is 6.22. The normalized spacial score (nSPS) is 18.9. The summed E-state index contributed by atoms with van der Waals surface area (Å²) in [5.74, 6) is 1.65. The van der Waals surface area contributed by atoms with Gasteiger partial charge in [0.25, 0.3) is 0 Å². The second-order valence-corrected chi connectivity index (χ2v) is 5.81. The summed E-state index contributed by atoms with van der Waals surface area (Å²) in [6.45, 7) is 0. The molecule has 0 radical (unpaired) electrons. The van der Waals surface area contributed by atoms with E-state index in [-0.39, 0.29) is 0 Å². The highest BCUT2D eigenvalue weighted by atomic mass is 79.9. The summed E-state index contributed by atoms with van der Waals surface area (Å²) in [5, 5.41) is 2.02. The first-order valence-corrected chi connectivity index (χ1v) is 7.60. The molecular weight excluding hydrogens is 284 g/mol. The van der Waals surface area contributed by atoms with Crippen LogP contribution in [0.1, 0.15) is 31.2 Å². The van der Waals surface area contributed by atoms with Crippen molar-refractivity contribution in [3.05, 3.63) is 34.9 Å². The van der Waals surface area contributed by atoms with Crippen LogP contribution in [0, 0.1) is 11.8 Å². The van der Waals surface area contributed by atoms with Crippen LogP contribution in [0.5, 0.6) is 0 Å². The lowest BCUT2D eigenvalue weighted by Gasteiger charge is -2.21. The molecule has 2 rings (SSSR count). The molecule has 0 nitrogen and oxygen atoms in total. The lowest BCUT2D eigenvalue weighted by Crippen LogP contribution is -2.16. The third-order valence-electron chi connectivity index (χ3n) is 3.70. The van der Waals surface area contributed by atoms with Crippen molar-refractivity contribution in [1.29, 1.82) is 0 Å². The second-order valence-electron chi connectivity index (χ2n) is 4.75. The van der Waals surface area contributed by atoms with E-state index < -0.39 is 0 Å². The van der Waals surface area contributed by atoms with Gasteiger partial charge in [0.2, 0.25) is 0 Å². The molecule has 0 saturated heterocycles. The molecule has 0 aliphatic heterocycles. The van der Waals surface area contributed by atoms with Gasteiger partial charge in [0.1, 0.15) is 0 Å². The molecule has 1 unspecified atom stereocenters. The molecule has 0 spiro atoms. The quantitative estimate of drug-likeness (QED) is 0.680. The van der Waals surface area contributed by atoms with E-state index in [1.807, 2.05) is 12.1 Å². The van der Waals surface area contributed by atoms with Crippen LogP contribution < -0.4 is 0 Å². The summed E-state index contributed by atoms with van der Waals surface area (Å²) in [6, 6.07) is 8.25. The van der Waals surface area contributed by atoms with Gasteiger partial charge in [-0.05, 0) is 29.9 Å². The van der Waals surface area contributed by atoms with Crippen LogP contribution in [0.25, 0.3) is 0 Å². The third kappa shape index (κ3) is 3.01. The predicted molar refractivity (Wildman–Crippen MR) is 74.4 cm³/mol. The van der Waals surface area contributed by atoms with E-state index in [1.54, 1.807) is 0 Å². The van der Waals surface area contributed by atoms with Gasteiger partial charge in [-0.25, -0.2) is 0 Å². The molecule has 16 heavy (non-hydrogen) atoms. The van der Waals surface area contributed by atoms with Crippen molar-refractivity contribution >= 4 is 27.5 Å². The highest BCUT2D eigenvalue weighted by Gasteiger charge is 2.24. The van der Waals surface area contributed by atoms with Crippen molar-refractivity contribution in [3.63, 3.8) is 0 Å². The number of benzene rings is 1. The third-order valence-corrected chi connectivity index (χ3v) is 4.91. The standard InChI is InChI=1S/C14H18BrCl/c15-10-13(11-5-1-2-6-11)9-12-7-3-4-8-14(12)16/h3-4,7-8,11,13H,1-2,5-6,9-10H2. The van der Waals surface area contributed by atoms with Crippen LogP contribution in [0.15, 0.2) is 24.3 Å². The largest absolute Gasteiger partial charge is 0.0925 e. The highest BCUT2D eigenvalue weighted by molar-refractivity contribution is 9.09. The van der Waals surface area contributed by atoms with E-state index in [1.165, 1.54) is 31.2 Å². The molecule has 1 aromatic carbocycles. The lowest BCUT2D eigenvalue weighted by atomic mass is 9.87. The minimum atomic E-state index is 0.752. The van der Waals surface area contributed by atoms with Crippen molar-refractivity contribution in [2.45, 2.75) is 32.1 Å². The summed E-state index contributed by atoms with van der Waals surface area (Å²) in [5.41, 5.74) is 1.31. The maximum Gasteiger partial charge on any atom is 0.0438 e. The first-order chi connectivity index (χ1) is 7.81. The van der Waals surface area contributed by atoms with Gasteiger partial charge in [-0.3, -0.25) is 0 Å². The average molecular weight is 302 g/mol. The Labute approximate surface area is 112 Å². The number of alkyl halides is 1. The fourth-order valence-electron chi connectivity index (χ4n) is 2.72. The topological polar surface area (TPSA) is 0 Å². The van der Waals surface area contributed by atoms with Gasteiger partial charge in [-0.15, -0.1) is 0 Å². The van der Waals surface area contributed by atoms with Gasteiger partial charge in [0.15, 0.2) is 0 Å². The van der Waals surface area contributed by atoms with Crippen molar-refractivity contribution in [2.75, 3.05) is 5.33 Å². The summed E-state index contributed by atoms with van der Waals surface area (Å²) in [6.07, 6.45) is 6.75. The van der Waals surface area contributed by atoms with Crippen molar-refractivity contribution in [2.24, 2.45) is 11.8 Å². The zero-order valence-corrected chi connectivity index (χ0v) is 11.8. The summed E-state index contributed by atoms with van der Waals surface area (Å²) in [4.78, 5) is 0. The molecule has 1 saturated carbocycles. The van der Waals surface area contributed by atoms with E-state index in [9.17, 15) is 0 Å². The van der Waals surface area contributed by atoms with Gasteiger partial charge in [-0.1, -0.05) is 71.4 Å². The Bertz CT molecular complexity index is 331. The molecule has 1 aliphatic carbocycles. The summed E-state index contributed by atoms with van der Waals surface area (Å²) >= 11 is 9.88. The van der Waals surface area contributed by atoms with Crippen molar-refractivity contribution < 1.29 is 0 Å². The van der Waals surface area contributed by atoms with E-state index in [2.05, 4.69) is 28.1 Å². The average Bonchev–Trinajstić information content (AvgIpc) is 2.81. The molecule has 1 aromatic rings. The van der Waals surface area contributed by atoms with Gasteiger partial charge in [-0.2, -0.15) is 0 Å². The number of hydrogen-bond acceptors (Lipinski definition) is 0. The SMILES string of the molecule is Clc1ccccc1CC(CBr)C1CCCC1. The Kier molecular flexibility index (Phi) is 4.72. The van der Waals surface area contributed by atoms with E-state index in [0.717, 1.165) is 28.6 Å². The van der Waals surface area contributed by atoms with Crippen molar-refractivity contribution in [1.82, 2.24) is 0 Å². The number of rotatable bonds is 4. The minimum absolute atomic E-state index is 0.752. The van der Waals surface area contributed by atoms with Gasteiger partial charge < -0.3 is 0 Å². The van der Waals surface area contributed by atoms with Crippen LogP contribution in [-0.2, 0) is 6.42 Å². The van der Waals surface area contributed by atoms with Gasteiger partial charge >= 0.3 is 0 Å². The van der Waals surface area contributed by atoms with E-state index >= 15 is 0 Å². The number of hydrogen-bond donors (Lipinski definition) is 0. The van der Waals surface area contributed by atoms with Crippen LogP contribution in [0.2, 0.25) is 5.02 Å². The Morgan fingerprint density at radius 1 is 1.25 bits per heavy atom. The molecule has 0 heterocycles. The zero-order valence-electron chi connectivity index (χ0n) is 9.46. The predicted octanol–water partition coefficient (Wildman–Crippen LogP) is 5.08. The minimum Gasteiger partial charge on any atom is -0.0925 e. The molecule has 88 valence electrons. The van der Waals surface area contributed by atoms with E-state index in [0.29, 0.717) is 0 Å². The Morgan fingerprint density at radius 3 is 2.56 bits per heavy atom. The fourth-order valence-corrected chi connectivity index (χ4v) is 3.69. The molecule has 0 amide bonds. The first kappa shape index (κ1) is 12.4. The summed E-state index contributed by atoms with van der Waals surface area (Å²) < 4.78 is 0. The molecule has 2 heteroatoms. The summed E-state index contributed by atoms with van der Waals surface area (Å²) in [7, 11) is 0. The van der Waals surface area contributed by atoms with Crippen LogP contribution in [0.4, 0.5) is 0 Å². The second kappa shape index (κ2) is 6.07. The Hall–Kier alpha value is -0.0100. The smallest absolute Gasteiger partial charge is 0.0438 e. The Morgan fingerprint density at radius 2 is 1.94 bits per heavy atom. The molecule has 0 N–H and O–H groups in total. The lowest BCUT2D eigenvalue weighted by molar-refractivity contribution is 0.373. The van der Waals surface area contributed by atoms with Crippen LogP contribution in [-0.4, -0.2) is 5.33 Å². The van der Waals surface area contributed by atoms with Crippen molar-refractivity contribution in [3.8, 4) is 0 Å². The molecular formula is C14H18BrCl. The molecule has 0 bridgehead atoms. The Balaban J connectivity index is 2.03.